The van der Waals surface area contributed by atoms with Crippen molar-refractivity contribution in [3.8, 4) is 16.8 Å². The summed E-state index contributed by atoms with van der Waals surface area (Å²) in [5, 5.41) is 5.23. The third-order valence-electron chi connectivity index (χ3n) is 6.81. The minimum Gasteiger partial charge on any atom is -0.274 e. The Morgan fingerprint density at radius 2 is 1.68 bits per heavy atom. The van der Waals surface area contributed by atoms with Gasteiger partial charge in [-0.25, -0.2) is 17.9 Å². The van der Waals surface area contributed by atoms with Crippen molar-refractivity contribution in [3.63, 3.8) is 0 Å². The second-order valence-corrected chi connectivity index (χ2v) is 12.3. The van der Waals surface area contributed by atoms with Crippen molar-refractivity contribution in [2.24, 2.45) is 5.92 Å². The third-order valence-corrected chi connectivity index (χ3v) is 8.82. The van der Waals surface area contributed by atoms with Crippen molar-refractivity contribution < 1.29 is 13.2 Å². The average Bonchev–Trinajstić information content (AvgIpc) is 3.75. The molecule has 1 amide bonds. The normalized spacial score (nSPS) is 13.4. The number of benzene rings is 3. The van der Waals surface area contributed by atoms with Crippen molar-refractivity contribution >= 4 is 39.1 Å². The van der Waals surface area contributed by atoms with Crippen LogP contribution in [0, 0.1) is 5.92 Å². The molecule has 0 saturated heterocycles. The summed E-state index contributed by atoms with van der Waals surface area (Å²) in [5.74, 6) is -0.0759. The third kappa shape index (κ3) is 5.87. The highest BCUT2D eigenvalue weighted by atomic mass is 35.5. The van der Waals surface area contributed by atoms with Crippen molar-refractivity contribution in [1.29, 1.82) is 0 Å². The van der Waals surface area contributed by atoms with Crippen LogP contribution < -0.4 is 10.4 Å². The van der Waals surface area contributed by atoms with E-state index in [1.165, 1.54) is 10.7 Å². The van der Waals surface area contributed by atoms with Gasteiger partial charge in [0.2, 0.25) is 5.91 Å². The summed E-state index contributed by atoms with van der Waals surface area (Å²) in [5.41, 5.74) is 1.96. The van der Waals surface area contributed by atoms with Gasteiger partial charge < -0.3 is 0 Å². The van der Waals surface area contributed by atoms with Crippen LogP contribution in [0.2, 0.25) is 10.0 Å². The summed E-state index contributed by atoms with van der Waals surface area (Å²) in [6.07, 6.45) is 3.81. The van der Waals surface area contributed by atoms with Gasteiger partial charge in [-0.2, -0.15) is 4.68 Å². The van der Waals surface area contributed by atoms with Crippen LogP contribution in [0.1, 0.15) is 44.0 Å². The van der Waals surface area contributed by atoms with Gasteiger partial charge in [0.1, 0.15) is 11.5 Å². The van der Waals surface area contributed by atoms with Crippen LogP contribution in [0.25, 0.3) is 16.8 Å². The Morgan fingerprint density at radius 1 is 1.00 bits per heavy atom. The quantitative estimate of drug-likeness (QED) is 0.255. The SMILES string of the molecule is CCCCc1nn(-c2c(Cl)cccc2Cl)c(=O)n1Cc1ccc(-c2ccccc2S(=O)(=O)NC(=O)C2CC2)cc1. The highest BCUT2D eigenvalue weighted by Crippen LogP contribution is 2.31. The number of amides is 1. The fraction of sp³-hybridized carbons (Fsp3) is 0.276. The van der Waals surface area contributed by atoms with Gasteiger partial charge in [0, 0.05) is 17.9 Å². The molecular formula is C29H28Cl2N4O4S. The van der Waals surface area contributed by atoms with Crippen molar-refractivity contribution in [1.82, 2.24) is 19.1 Å². The highest BCUT2D eigenvalue weighted by molar-refractivity contribution is 7.90. The molecule has 1 heterocycles. The number of unbranched alkanes of at least 4 members (excludes halogenated alkanes) is 1. The van der Waals surface area contributed by atoms with Gasteiger partial charge in [0.25, 0.3) is 10.0 Å². The molecule has 1 fully saturated rings. The first-order chi connectivity index (χ1) is 19.2. The smallest absolute Gasteiger partial charge is 0.274 e. The van der Waals surface area contributed by atoms with Gasteiger partial charge >= 0.3 is 5.69 Å². The van der Waals surface area contributed by atoms with E-state index in [4.69, 9.17) is 23.2 Å². The second-order valence-electron chi connectivity index (χ2n) is 9.81. The molecule has 1 aliphatic carbocycles. The maximum atomic E-state index is 13.5. The molecule has 1 saturated carbocycles. The number of aryl methyl sites for hydroxylation is 1. The fourth-order valence-electron chi connectivity index (χ4n) is 4.48. The Labute approximate surface area is 242 Å². The van der Waals surface area contributed by atoms with Crippen molar-refractivity contribution in [3.05, 3.63) is 98.6 Å². The molecule has 11 heteroatoms. The molecule has 5 rings (SSSR count). The second kappa shape index (κ2) is 11.6. The van der Waals surface area contributed by atoms with Crippen LogP contribution >= 0.6 is 23.2 Å². The Bertz CT molecular complexity index is 1710. The van der Waals surface area contributed by atoms with E-state index in [1.54, 1.807) is 53.1 Å². The van der Waals surface area contributed by atoms with Crippen molar-refractivity contribution in [2.75, 3.05) is 0 Å². The molecule has 0 atom stereocenters. The van der Waals surface area contributed by atoms with Gasteiger partial charge in [0.05, 0.1) is 21.5 Å². The number of hydrogen-bond donors (Lipinski definition) is 1. The number of halogens is 2. The van der Waals surface area contributed by atoms with Gasteiger partial charge in [-0.05, 0) is 48.6 Å². The molecule has 40 heavy (non-hydrogen) atoms. The molecule has 0 spiro atoms. The molecular weight excluding hydrogens is 571 g/mol. The predicted octanol–water partition coefficient (Wildman–Crippen LogP) is 5.61. The zero-order chi connectivity index (χ0) is 28.4. The van der Waals surface area contributed by atoms with Gasteiger partial charge in [-0.1, -0.05) is 85.1 Å². The van der Waals surface area contributed by atoms with E-state index in [1.807, 2.05) is 12.1 Å². The first kappa shape index (κ1) is 28.1. The van der Waals surface area contributed by atoms with E-state index in [2.05, 4.69) is 16.7 Å². The van der Waals surface area contributed by atoms with E-state index in [0.29, 0.717) is 51.9 Å². The summed E-state index contributed by atoms with van der Waals surface area (Å²) in [6.45, 7) is 2.33. The summed E-state index contributed by atoms with van der Waals surface area (Å²) >= 11 is 12.7. The molecule has 0 aliphatic heterocycles. The molecule has 1 aromatic heterocycles. The Kier molecular flexibility index (Phi) is 8.16. The van der Waals surface area contributed by atoms with E-state index in [0.717, 1.165) is 18.4 Å². The van der Waals surface area contributed by atoms with E-state index in [9.17, 15) is 18.0 Å². The average molecular weight is 600 g/mol. The summed E-state index contributed by atoms with van der Waals surface area (Å²) in [7, 11) is -4.03. The van der Waals surface area contributed by atoms with Crippen LogP contribution in [-0.2, 0) is 27.8 Å². The fourth-order valence-corrected chi connectivity index (χ4v) is 6.31. The molecule has 0 bridgehead atoms. The Balaban J connectivity index is 1.45. The zero-order valence-corrected chi connectivity index (χ0v) is 24.1. The zero-order valence-electron chi connectivity index (χ0n) is 21.8. The lowest BCUT2D eigenvalue weighted by Crippen LogP contribution is -2.32. The topological polar surface area (TPSA) is 103 Å². The molecule has 4 aromatic rings. The van der Waals surface area contributed by atoms with Crippen molar-refractivity contribution in [2.45, 2.75) is 50.5 Å². The molecule has 8 nitrogen and oxygen atoms in total. The van der Waals surface area contributed by atoms with Crippen LogP contribution in [0.5, 0.6) is 0 Å². The Morgan fingerprint density at radius 3 is 2.33 bits per heavy atom. The van der Waals surface area contributed by atoms with Gasteiger partial charge in [0.15, 0.2) is 0 Å². The summed E-state index contributed by atoms with van der Waals surface area (Å²) < 4.78 is 31.1. The molecule has 0 radical (unpaired) electrons. The number of sulfonamides is 1. The first-order valence-corrected chi connectivity index (χ1v) is 15.3. The number of rotatable bonds is 10. The number of hydrogen-bond acceptors (Lipinski definition) is 5. The van der Waals surface area contributed by atoms with Gasteiger partial charge in [-0.15, -0.1) is 5.10 Å². The first-order valence-electron chi connectivity index (χ1n) is 13.1. The maximum absolute atomic E-state index is 13.5. The number of aromatic nitrogens is 3. The van der Waals surface area contributed by atoms with E-state index >= 15 is 0 Å². The molecule has 3 aromatic carbocycles. The van der Waals surface area contributed by atoms with E-state index in [-0.39, 0.29) is 23.0 Å². The number of carbonyl (C=O) groups excluding carboxylic acids is 1. The summed E-state index contributed by atoms with van der Waals surface area (Å²) in [6, 6.07) is 18.9. The van der Waals surface area contributed by atoms with Crippen LogP contribution in [-0.4, -0.2) is 28.7 Å². The highest BCUT2D eigenvalue weighted by Gasteiger charge is 2.33. The minimum atomic E-state index is -4.03. The lowest BCUT2D eigenvalue weighted by molar-refractivity contribution is -0.120. The molecule has 208 valence electrons. The molecule has 1 N–H and O–H groups in total. The standard InChI is InChI=1S/C29H28Cl2N4O4S/c1-2-3-11-26-32-35(27-23(30)8-6-9-24(27)31)29(37)34(26)18-19-12-14-20(15-13-19)22-7-4-5-10-25(22)40(38,39)33-28(36)21-16-17-21/h4-10,12-15,21H,2-3,11,16-18H2,1H3,(H,33,36). The number of nitrogens with one attached hydrogen (secondary N) is 1. The minimum absolute atomic E-state index is 0.0349. The van der Waals surface area contributed by atoms with E-state index < -0.39 is 15.9 Å². The Hall–Kier alpha value is -3.40. The lowest BCUT2D eigenvalue weighted by atomic mass is 10.0. The summed E-state index contributed by atoms with van der Waals surface area (Å²) in [4.78, 5) is 25.7. The monoisotopic (exact) mass is 598 g/mol. The number of nitrogens with zero attached hydrogens (tertiary/aromatic N) is 3. The van der Waals surface area contributed by atoms with Crippen LogP contribution in [0.4, 0.5) is 0 Å². The molecule has 1 aliphatic rings. The molecule has 0 unspecified atom stereocenters. The lowest BCUT2D eigenvalue weighted by Gasteiger charge is -2.12. The number of para-hydroxylation sites is 1. The van der Waals surface area contributed by atoms with Crippen LogP contribution in [0.15, 0.2) is 76.4 Å². The van der Waals surface area contributed by atoms with Gasteiger partial charge in [-0.3, -0.25) is 9.36 Å². The largest absolute Gasteiger partial charge is 0.351 e. The van der Waals surface area contributed by atoms with Crippen LogP contribution in [0.3, 0.4) is 0 Å². The predicted molar refractivity (Wildman–Crippen MR) is 155 cm³/mol. The maximum Gasteiger partial charge on any atom is 0.351 e. The number of carbonyl (C=O) groups is 1.